The Bertz CT molecular complexity index is 538. The number of ether oxygens (including phenoxy) is 2. The van der Waals surface area contributed by atoms with Crippen LogP contribution in [0.5, 0.6) is 5.75 Å². The van der Waals surface area contributed by atoms with E-state index in [4.69, 9.17) is 14.6 Å². The second-order valence-corrected chi connectivity index (χ2v) is 5.12. The molecule has 0 aromatic heterocycles. The molecular weight excluding hydrogens is 270 g/mol. The van der Waals surface area contributed by atoms with Crippen LogP contribution in [-0.2, 0) is 14.9 Å². The minimum absolute atomic E-state index is 0.0306. The molecule has 7 nitrogen and oxygen atoms in total. The van der Waals surface area contributed by atoms with E-state index in [9.17, 15) is 8.42 Å². The molecule has 0 unspecified atom stereocenters. The molecular formula is C11H15N3O4S. The first-order valence-electron chi connectivity index (χ1n) is 5.73. The number of amidine groups is 1. The Kier molecular flexibility index (Phi) is 4.35. The normalized spacial score (nSPS) is 17.3. The third-order valence-corrected chi connectivity index (χ3v) is 2.85. The predicted octanol–water partition coefficient (Wildman–Crippen LogP) is -0.0429. The van der Waals surface area contributed by atoms with Crippen LogP contribution in [0.4, 0.5) is 0 Å². The SMILES string of the molecule is NS(=O)(=O)/N=C(/Oc1ccccc1)N1CCOCC1. The second kappa shape index (κ2) is 6.00. The molecule has 104 valence electrons. The number of para-hydroxylation sites is 1. The Morgan fingerprint density at radius 2 is 1.89 bits per heavy atom. The van der Waals surface area contributed by atoms with E-state index in [1.165, 1.54) is 0 Å². The largest absolute Gasteiger partial charge is 0.425 e. The van der Waals surface area contributed by atoms with Crippen LogP contribution in [-0.4, -0.2) is 45.6 Å². The Labute approximate surface area is 111 Å². The molecule has 19 heavy (non-hydrogen) atoms. The smallest absolute Gasteiger partial charge is 0.321 e. The molecule has 1 aliphatic rings. The summed E-state index contributed by atoms with van der Waals surface area (Å²) in [5, 5.41) is 4.94. The Hall–Kier alpha value is -1.64. The average molecular weight is 285 g/mol. The van der Waals surface area contributed by atoms with E-state index in [-0.39, 0.29) is 6.02 Å². The number of hydrogen-bond donors (Lipinski definition) is 1. The number of nitrogens with two attached hydrogens (primary N) is 1. The van der Waals surface area contributed by atoms with Crippen LogP contribution >= 0.6 is 0 Å². The zero-order valence-electron chi connectivity index (χ0n) is 10.2. The Balaban J connectivity index is 2.21. The summed E-state index contributed by atoms with van der Waals surface area (Å²) in [7, 11) is -4.01. The molecule has 8 heteroatoms. The maximum Gasteiger partial charge on any atom is 0.321 e. The minimum atomic E-state index is -4.01. The first-order valence-corrected chi connectivity index (χ1v) is 7.23. The number of benzene rings is 1. The molecule has 0 bridgehead atoms. The number of nitrogens with zero attached hydrogens (tertiary/aromatic N) is 2. The first kappa shape index (κ1) is 13.8. The van der Waals surface area contributed by atoms with Gasteiger partial charge in [0, 0.05) is 13.1 Å². The van der Waals surface area contributed by atoms with E-state index >= 15 is 0 Å². The highest BCUT2D eigenvalue weighted by Gasteiger charge is 2.19. The summed E-state index contributed by atoms with van der Waals surface area (Å²) >= 11 is 0. The van der Waals surface area contributed by atoms with Crippen molar-refractivity contribution < 1.29 is 17.9 Å². The maximum absolute atomic E-state index is 11.1. The molecule has 1 fully saturated rings. The molecule has 2 rings (SSSR count). The minimum Gasteiger partial charge on any atom is -0.425 e. The van der Waals surface area contributed by atoms with E-state index in [1.54, 1.807) is 29.2 Å². The van der Waals surface area contributed by atoms with Crippen LogP contribution in [0.15, 0.2) is 34.7 Å². The van der Waals surface area contributed by atoms with Gasteiger partial charge in [-0.2, -0.15) is 8.42 Å². The van der Waals surface area contributed by atoms with Crippen LogP contribution in [0.1, 0.15) is 0 Å². The van der Waals surface area contributed by atoms with Gasteiger partial charge in [-0.1, -0.05) is 22.6 Å². The lowest BCUT2D eigenvalue weighted by molar-refractivity contribution is 0.0616. The van der Waals surface area contributed by atoms with Crippen LogP contribution in [0, 0.1) is 0 Å². The van der Waals surface area contributed by atoms with Crippen LogP contribution < -0.4 is 9.88 Å². The molecule has 1 aromatic rings. The molecule has 0 aliphatic carbocycles. The summed E-state index contributed by atoms with van der Waals surface area (Å²) in [6, 6.07) is 8.78. The van der Waals surface area contributed by atoms with Crippen molar-refractivity contribution in [2.75, 3.05) is 26.3 Å². The highest BCUT2D eigenvalue weighted by atomic mass is 32.2. The summed E-state index contributed by atoms with van der Waals surface area (Å²) < 4.78 is 36.4. The van der Waals surface area contributed by atoms with Gasteiger partial charge >= 0.3 is 16.2 Å². The van der Waals surface area contributed by atoms with Gasteiger partial charge < -0.3 is 14.4 Å². The third-order valence-electron chi connectivity index (χ3n) is 2.44. The van der Waals surface area contributed by atoms with Crippen molar-refractivity contribution in [3.8, 4) is 5.75 Å². The highest BCUT2D eigenvalue weighted by Crippen LogP contribution is 2.11. The highest BCUT2D eigenvalue weighted by molar-refractivity contribution is 7.88. The van der Waals surface area contributed by atoms with Gasteiger partial charge in [-0.25, -0.2) is 5.14 Å². The van der Waals surface area contributed by atoms with Crippen LogP contribution in [0.3, 0.4) is 0 Å². The fourth-order valence-corrected chi connectivity index (χ4v) is 1.97. The molecule has 0 spiro atoms. The van der Waals surface area contributed by atoms with Crippen LogP contribution in [0.2, 0.25) is 0 Å². The van der Waals surface area contributed by atoms with Gasteiger partial charge in [0.2, 0.25) is 0 Å². The third kappa shape index (κ3) is 4.51. The molecule has 1 heterocycles. The van der Waals surface area contributed by atoms with Gasteiger partial charge in [-0.3, -0.25) is 0 Å². The van der Waals surface area contributed by atoms with Gasteiger partial charge in [0.25, 0.3) is 0 Å². The van der Waals surface area contributed by atoms with Gasteiger partial charge in [-0.05, 0) is 12.1 Å². The monoisotopic (exact) mass is 285 g/mol. The summed E-state index contributed by atoms with van der Waals surface area (Å²) in [5.41, 5.74) is 0. The quantitative estimate of drug-likeness (QED) is 0.607. The molecule has 1 aliphatic heterocycles. The first-order chi connectivity index (χ1) is 9.04. The van der Waals surface area contributed by atoms with Crippen molar-refractivity contribution in [1.82, 2.24) is 4.90 Å². The number of morpholine rings is 1. The van der Waals surface area contributed by atoms with Crippen molar-refractivity contribution in [1.29, 1.82) is 0 Å². The fourth-order valence-electron chi connectivity index (χ4n) is 1.60. The standard InChI is InChI=1S/C11H15N3O4S/c12-19(15,16)13-11(14-6-8-17-9-7-14)18-10-4-2-1-3-5-10/h1-5H,6-9H2,(H2,12,15,16)/b13-11+. The molecule has 1 aromatic carbocycles. The topological polar surface area (TPSA) is 94.2 Å². The molecule has 1 saturated heterocycles. The Morgan fingerprint density at radius 1 is 1.26 bits per heavy atom. The summed E-state index contributed by atoms with van der Waals surface area (Å²) in [6.45, 7) is 1.98. The van der Waals surface area contributed by atoms with E-state index in [0.29, 0.717) is 32.1 Å². The lowest BCUT2D eigenvalue weighted by atomic mass is 10.3. The van der Waals surface area contributed by atoms with E-state index < -0.39 is 10.2 Å². The molecule has 0 saturated carbocycles. The fraction of sp³-hybridized carbons (Fsp3) is 0.364. The molecule has 0 atom stereocenters. The van der Waals surface area contributed by atoms with E-state index in [0.717, 1.165) is 0 Å². The second-order valence-electron chi connectivity index (χ2n) is 3.90. The van der Waals surface area contributed by atoms with Crippen LogP contribution in [0.25, 0.3) is 0 Å². The van der Waals surface area contributed by atoms with Gasteiger partial charge in [0.15, 0.2) is 0 Å². The van der Waals surface area contributed by atoms with Crippen molar-refractivity contribution >= 4 is 16.2 Å². The summed E-state index contributed by atoms with van der Waals surface area (Å²) in [5.74, 6) is 0.497. The van der Waals surface area contributed by atoms with Gasteiger partial charge in [-0.15, -0.1) is 0 Å². The van der Waals surface area contributed by atoms with E-state index in [1.807, 2.05) is 6.07 Å². The summed E-state index contributed by atoms with van der Waals surface area (Å²) in [6.07, 6.45) is 0. The van der Waals surface area contributed by atoms with Gasteiger partial charge in [0.05, 0.1) is 13.2 Å². The zero-order chi connectivity index (χ0) is 13.7. The predicted molar refractivity (Wildman–Crippen MR) is 70.0 cm³/mol. The van der Waals surface area contributed by atoms with E-state index in [2.05, 4.69) is 4.40 Å². The molecule has 0 amide bonds. The Morgan fingerprint density at radius 3 is 2.47 bits per heavy atom. The molecule has 0 radical (unpaired) electrons. The van der Waals surface area contributed by atoms with Crippen molar-refractivity contribution in [3.05, 3.63) is 30.3 Å². The van der Waals surface area contributed by atoms with Crippen molar-refractivity contribution in [2.45, 2.75) is 0 Å². The lowest BCUT2D eigenvalue weighted by Crippen LogP contribution is -2.43. The van der Waals surface area contributed by atoms with Gasteiger partial charge in [0.1, 0.15) is 5.75 Å². The molecule has 2 N–H and O–H groups in total. The van der Waals surface area contributed by atoms with Crippen molar-refractivity contribution in [3.63, 3.8) is 0 Å². The van der Waals surface area contributed by atoms with Crippen molar-refractivity contribution in [2.24, 2.45) is 9.54 Å². The maximum atomic E-state index is 11.1. The lowest BCUT2D eigenvalue weighted by Gasteiger charge is -2.28. The average Bonchev–Trinajstić information content (AvgIpc) is 2.39. The number of rotatable bonds is 2. The zero-order valence-corrected chi connectivity index (χ0v) is 11.0. The summed E-state index contributed by atoms with van der Waals surface area (Å²) in [4.78, 5) is 1.68. The number of hydrogen-bond acceptors (Lipinski definition) is 4.